The molecule has 5 nitrogen and oxygen atoms in total. The van der Waals surface area contributed by atoms with E-state index in [0.29, 0.717) is 6.61 Å². The van der Waals surface area contributed by atoms with Gasteiger partial charge < -0.3 is 15.2 Å². The van der Waals surface area contributed by atoms with Gasteiger partial charge in [-0.3, -0.25) is 10.3 Å². The van der Waals surface area contributed by atoms with E-state index in [-0.39, 0.29) is 11.8 Å². The van der Waals surface area contributed by atoms with E-state index in [2.05, 4.69) is 11.8 Å². The number of hydrogen-bond acceptors (Lipinski definition) is 4. The Balaban J connectivity index is 2.35. The monoisotopic (exact) mass is 279 g/mol. The molecule has 0 heterocycles. The van der Waals surface area contributed by atoms with Gasteiger partial charge >= 0.3 is 0 Å². The van der Waals surface area contributed by atoms with Crippen molar-refractivity contribution < 1.29 is 9.47 Å². The van der Waals surface area contributed by atoms with Crippen LogP contribution in [0.15, 0.2) is 24.3 Å². The molecule has 112 valence electrons. The van der Waals surface area contributed by atoms with Crippen molar-refractivity contribution in [3.05, 3.63) is 24.3 Å². The number of benzene rings is 1. The van der Waals surface area contributed by atoms with Gasteiger partial charge in [-0.1, -0.05) is 13.8 Å². The molecule has 1 aromatic carbocycles. The van der Waals surface area contributed by atoms with Crippen LogP contribution in [0.4, 0.5) is 0 Å². The van der Waals surface area contributed by atoms with Crippen LogP contribution < -0.4 is 15.2 Å². The second-order valence-corrected chi connectivity index (χ2v) is 4.77. The molecule has 1 aromatic rings. The van der Waals surface area contributed by atoms with Crippen molar-refractivity contribution in [3.63, 3.8) is 0 Å². The molecule has 0 aromatic heterocycles. The van der Waals surface area contributed by atoms with E-state index in [1.54, 1.807) is 7.11 Å². The Bertz CT molecular complexity index is 406. The summed E-state index contributed by atoms with van der Waals surface area (Å²) >= 11 is 0. The van der Waals surface area contributed by atoms with E-state index >= 15 is 0 Å². The molecule has 1 rings (SSSR count). The number of nitrogens with zero attached hydrogens (tertiary/aromatic N) is 1. The molecule has 0 amide bonds. The summed E-state index contributed by atoms with van der Waals surface area (Å²) in [5.41, 5.74) is 5.50. The highest BCUT2D eigenvalue weighted by atomic mass is 16.5. The highest BCUT2D eigenvalue weighted by Gasteiger charge is 2.10. The molecule has 3 N–H and O–H groups in total. The topological polar surface area (TPSA) is 71.6 Å². The lowest BCUT2D eigenvalue weighted by atomic mass is 10.1. The summed E-state index contributed by atoms with van der Waals surface area (Å²) < 4.78 is 10.8. The second-order valence-electron chi connectivity index (χ2n) is 4.77. The molecule has 0 fully saturated rings. The zero-order chi connectivity index (χ0) is 15.0. The number of nitrogens with two attached hydrogens (primary N) is 1. The van der Waals surface area contributed by atoms with Gasteiger partial charge in [0.2, 0.25) is 0 Å². The van der Waals surface area contributed by atoms with Crippen LogP contribution in [-0.4, -0.2) is 44.1 Å². The molecule has 0 bridgehead atoms. The van der Waals surface area contributed by atoms with Gasteiger partial charge in [-0.15, -0.1) is 0 Å². The van der Waals surface area contributed by atoms with Crippen LogP contribution in [0.25, 0.3) is 0 Å². The van der Waals surface area contributed by atoms with Crippen LogP contribution in [0.1, 0.15) is 13.8 Å². The molecule has 1 atom stereocenters. The second kappa shape index (κ2) is 8.43. The minimum atomic E-state index is 0.0796. The number of ether oxygens (including phenoxy) is 2. The minimum absolute atomic E-state index is 0.0796. The average molecular weight is 279 g/mol. The summed E-state index contributed by atoms with van der Waals surface area (Å²) in [5, 5.41) is 7.43. The maximum Gasteiger partial charge on any atom is 0.119 e. The fourth-order valence-electron chi connectivity index (χ4n) is 1.83. The normalized spacial score (nSPS) is 12.2. The van der Waals surface area contributed by atoms with E-state index in [9.17, 15) is 0 Å². The van der Waals surface area contributed by atoms with Crippen LogP contribution in [0.3, 0.4) is 0 Å². The first-order valence-electron chi connectivity index (χ1n) is 6.90. The molecule has 0 aliphatic rings. The Labute approximate surface area is 121 Å². The largest absolute Gasteiger partial charge is 0.497 e. The molecule has 0 saturated carbocycles. The van der Waals surface area contributed by atoms with Crippen molar-refractivity contribution in [1.29, 1.82) is 5.41 Å². The van der Waals surface area contributed by atoms with Gasteiger partial charge in [0.25, 0.3) is 0 Å². The third-order valence-electron chi connectivity index (χ3n) is 3.25. The van der Waals surface area contributed by atoms with Crippen molar-refractivity contribution >= 4 is 5.84 Å². The number of hydrogen-bond donors (Lipinski definition) is 2. The Morgan fingerprint density at radius 2 is 1.90 bits per heavy atom. The van der Waals surface area contributed by atoms with Crippen LogP contribution in [0.2, 0.25) is 0 Å². The van der Waals surface area contributed by atoms with Crippen LogP contribution in [0.5, 0.6) is 11.5 Å². The molecule has 0 aliphatic carbocycles. The van der Waals surface area contributed by atoms with Crippen LogP contribution in [0, 0.1) is 11.3 Å². The predicted octanol–water partition coefficient (Wildman–Crippen LogP) is 1.97. The lowest BCUT2D eigenvalue weighted by Crippen LogP contribution is -2.36. The first kappa shape index (κ1) is 16.3. The van der Waals surface area contributed by atoms with E-state index < -0.39 is 0 Å². The molecule has 20 heavy (non-hydrogen) atoms. The van der Waals surface area contributed by atoms with Crippen molar-refractivity contribution in [2.24, 2.45) is 11.7 Å². The smallest absolute Gasteiger partial charge is 0.119 e. The number of methoxy groups -OCH3 is 1. The van der Waals surface area contributed by atoms with Crippen LogP contribution >= 0.6 is 0 Å². The lowest BCUT2D eigenvalue weighted by Gasteiger charge is -2.23. The Morgan fingerprint density at radius 1 is 1.30 bits per heavy atom. The average Bonchev–Trinajstić information content (AvgIpc) is 2.46. The highest BCUT2D eigenvalue weighted by molar-refractivity contribution is 5.79. The molecule has 1 unspecified atom stereocenters. The molecule has 0 saturated heterocycles. The maximum atomic E-state index is 7.43. The first-order chi connectivity index (χ1) is 9.56. The SMILES string of the molecule is CCN(CCOc1ccc(OC)cc1)CC(C)C(=N)N. The van der Waals surface area contributed by atoms with Crippen molar-refractivity contribution in [3.8, 4) is 11.5 Å². The molecule has 5 heteroatoms. The van der Waals surface area contributed by atoms with E-state index in [1.807, 2.05) is 31.2 Å². The predicted molar refractivity (Wildman–Crippen MR) is 81.7 cm³/mol. The maximum absolute atomic E-state index is 7.43. The summed E-state index contributed by atoms with van der Waals surface area (Å²) in [6.45, 7) is 7.21. The zero-order valence-corrected chi connectivity index (χ0v) is 12.6. The molecule has 0 spiro atoms. The fraction of sp³-hybridized carbons (Fsp3) is 0.533. The third kappa shape index (κ3) is 5.48. The van der Waals surface area contributed by atoms with Gasteiger partial charge in [-0.25, -0.2) is 0 Å². The standard InChI is InChI=1S/C15H25N3O2/c1-4-18(11-12(2)15(16)17)9-10-20-14-7-5-13(19-3)6-8-14/h5-8,12H,4,9-11H2,1-3H3,(H3,16,17). The summed E-state index contributed by atoms with van der Waals surface area (Å²) in [4.78, 5) is 2.23. The van der Waals surface area contributed by atoms with Crippen LogP contribution in [-0.2, 0) is 0 Å². The summed E-state index contributed by atoms with van der Waals surface area (Å²) in [6, 6.07) is 7.55. The van der Waals surface area contributed by atoms with Gasteiger partial charge in [0.05, 0.1) is 12.9 Å². The Kier molecular flexibility index (Phi) is 6.87. The molecule has 0 radical (unpaired) electrons. The van der Waals surface area contributed by atoms with E-state index in [4.69, 9.17) is 20.6 Å². The Morgan fingerprint density at radius 3 is 2.40 bits per heavy atom. The van der Waals surface area contributed by atoms with Gasteiger partial charge in [-0.2, -0.15) is 0 Å². The van der Waals surface area contributed by atoms with Gasteiger partial charge in [0.15, 0.2) is 0 Å². The van der Waals surface area contributed by atoms with E-state index in [0.717, 1.165) is 31.1 Å². The minimum Gasteiger partial charge on any atom is -0.497 e. The molecular formula is C15H25N3O2. The van der Waals surface area contributed by atoms with Crippen molar-refractivity contribution in [1.82, 2.24) is 4.90 Å². The fourth-order valence-corrected chi connectivity index (χ4v) is 1.83. The molecular weight excluding hydrogens is 254 g/mol. The number of nitrogens with one attached hydrogen (secondary N) is 1. The quantitative estimate of drug-likeness (QED) is 0.535. The van der Waals surface area contributed by atoms with Crippen molar-refractivity contribution in [2.75, 3.05) is 33.4 Å². The summed E-state index contributed by atoms with van der Waals surface area (Å²) in [6.07, 6.45) is 0. The first-order valence-corrected chi connectivity index (χ1v) is 6.90. The van der Waals surface area contributed by atoms with E-state index in [1.165, 1.54) is 0 Å². The summed E-state index contributed by atoms with van der Waals surface area (Å²) in [5.74, 6) is 1.97. The highest BCUT2D eigenvalue weighted by Crippen LogP contribution is 2.16. The number of likely N-dealkylation sites (N-methyl/N-ethyl adjacent to an activating group) is 1. The van der Waals surface area contributed by atoms with Crippen molar-refractivity contribution in [2.45, 2.75) is 13.8 Å². The van der Waals surface area contributed by atoms with Gasteiger partial charge in [0.1, 0.15) is 18.1 Å². The summed E-state index contributed by atoms with van der Waals surface area (Å²) in [7, 11) is 1.64. The third-order valence-corrected chi connectivity index (χ3v) is 3.25. The lowest BCUT2D eigenvalue weighted by molar-refractivity contribution is 0.207. The van der Waals surface area contributed by atoms with Gasteiger partial charge in [-0.05, 0) is 30.8 Å². The zero-order valence-electron chi connectivity index (χ0n) is 12.6. The number of rotatable bonds is 9. The molecule has 0 aliphatic heterocycles. The number of amidine groups is 1. The Hall–Kier alpha value is -1.75. The van der Waals surface area contributed by atoms with Gasteiger partial charge in [0, 0.05) is 19.0 Å².